The van der Waals surface area contributed by atoms with Crippen molar-refractivity contribution in [1.82, 2.24) is 15.2 Å². The van der Waals surface area contributed by atoms with Gasteiger partial charge in [0.2, 0.25) is 5.91 Å². The third kappa shape index (κ3) is 6.63. The third-order valence-electron chi connectivity index (χ3n) is 5.65. The zero-order chi connectivity index (χ0) is 23.0. The Balaban J connectivity index is 1.40. The smallest absolute Gasteiger partial charge is 0.253 e. The van der Waals surface area contributed by atoms with Crippen LogP contribution in [-0.2, 0) is 11.3 Å². The van der Waals surface area contributed by atoms with Crippen molar-refractivity contribution in [1.29, 1.82) is 0 Å². The van der Waals surface area contributed by atoms with E-state index in [1.54, 1.807) is 24.3 Å². The van der Waals surface area contributed by atoms with Gasteiger partial charge >= 0.3 is 0 Å². The molecular formula is C25H27ClN4O2S. The summed E-state index contributed by atoms with van der Waals surface area (Å²) in [6.45, 7) is 3.01. The zero-order valence-electron chi connectivity index (χ0n) is 18.3. The second-order valence-electron chi connectivity index (χ2n) is 8.15. The van der Waals surface area contributed by atoms with Gasteiger partial charge in [-0.15, -0.1) is 11.3 Å². The molecule has 0 spiro atoms. The van der Waals surface area contributed by atoms with E-state index in [-0.39, 0.29) is 18.2 Å². The minimum atomic E-state index is -0.497. The Hall–Kier alpha value is -2.74. The summed E-state index contributed by atoms with van der Waals surface area (Å²) < 4.78 is 0. The van der Waals surface area contributed by atoms with Gasteiger partial charge in [-0.05, 0) is 43.6 Å². The molecule has 33 heavy (non-hydrogen) atoms. The standard InChI is InChI=1S/C25H27ClN4O2S/c26-21-12-6-5-11-20(21)24(32)28-22(18-9-3-1-4-10-18)15-23(31)29-25-27-19(17-33-25)16-30-13-7-2-8-14-30/h1,3-6,9-12,17,22H,2,7-8,13-16H2,(H,28,32)(H,27,29,31). The second kappa shape index (κ2) is 11.4. The molecule has 1 aliphatic heterocycles. The zero-order valence-corrected chi connectivity index (χ0v) is 19.9. The first-order valence-electron chi connectivity index (χ1n) is 11.2. The van der Waals surface area contributed by atoms with Crippen LogP contribution in [0.2, 0.25) is 5.02 Å². The fraction of sp³-hybridized carbons (Fsp3) is 0.320. The number of carbonyl (C=O) groups excluding carboxylic acids is 2. The van der Waals surface area contributed by atoms with Crippen molar-refractivity contribution in [2.24, 2.45) is 0 Å². The van der Waals surface area contributed by atoms with Crippen LogP contribution in [0.3, 0.4) is 0 Å². The highest BCUT2D eigenvalue weighted by Gasteiger charge is 2.21. The SMILES string of the molecule is O=C(CC(NC(=O)c1ccccc1Cl)c1ccccc1)Nc1nc(CN2CCCCC2)cs1. The quantitative estimate of drug-likeness (QED) is 0.458. The lowest BCUT2D eigenvalue weighted by Crippen LogP contribution is -2.31. The van der Waals surface area contributed by atoms with E-state index in [4.69, 9.17) is 11.6 Å². The monoisotopic (exact) mass is 482 g/mol. The van der Waals surface area contributed by atoms with Crippen LogP contribution in [-0.4, -0.2) is 34.8 Å². The highest BCUT2D eigenvalue weighted by Crippen LogP contribution is 2.23. The molecule has 2 amide bonds. The molecule has 172 valence electrons. The predicted molar refractivity (Wildman–Crippen MR) is 133 cm³/mol. The van der Waals surface area contributed by atoms with Gasteiger partial charge in [-0.25, -0.2) is 4.98 Å². The lowest BCUT2D eigenvalue weighted by atomic mass is 10.0. The topological polar surface area (TPSA) is 74.3 Å². The van der Waals surface area contributed by atoms with Crippen LogP contribution in [0.25, 0.3) is 0 Å². The molecule has 1 aromatic heterocycles. The number of halogens is 1. The van der Waals surface area contributed by atoms with Crippen molar-refractivity contribution < 1.29 is 9.59 Å². The summed E-state index contributed by atoms with van der Waals surface area (Å²) in [5.41, 5.74) is 2.20. The summed E-state index contributed by atoms with van der Waals surface area (Å²) in [5.74, 6) is -0.525. The summed E-state index contributed by atoms with van der Waals surface area (Å²) in [6, 6.07) is 15.8. The number of nitrogens with zero attached hydrogens (tertiary/aromatic N) is 2. The van der Waals surface area contributed by atoms with Gasteiger partial charge in [-0.3, -0.25) is 14.5 Å². The molecule has 1 aliphatic rings. The first kappa shape index (κ1) is 23.4. The highest BCUT2D eigenvalue weighted by molar-refractivity contribution is 7.13. The molecule has 1 atom stereocenters. The number of benzene rings is 2. The Labute approximate surface area is 203 Å². The lowest BCUT2D eigenvalue weighted by molar-refractivity contribution is -0.116. The minimum Gasteiger partial charge on any atom is -0.345 e. The number of anilines is 1. The van der Waals surface area contributed by atoms with Gasteiger partial charge in [-0.1, -0.05) is 60.5 Å². The summed E-state index contributed by atoms with van der Waals surface area (Å²) in [6.07, 6.45) is 3.84. The van der Waals surface area contributed by atoms with E-state index in [0.717, 1.165) is 30.9 Å². The minimum absolute atomic E-state index is 0.0846. The van der Waals surface area contributed by atoms with Crippen molar-refractivity contribution in [3.05, 3.63) is 81.8 Å². The molecule has 0 radical (unpaired) electrons. The van der Waals surface area contributed by atoms with Gasteiger partial charge < -0.3 is 10.6 Å². The molecule has 0 saturated carbocycles. The molecule has 2 heterocycles. The van der Waals surface area contributed by atoms with E-state index >= 15 is 0 Å². The number of amides is 2. The van der Waals surface area contributed by atoms with Crippen LogP contribution in [0.15, 0.2) is 60.0 Å². The van der Waals surface area contributed by atoms with Gasteiger partial charge in [0, 0.05) is 11.9 Å². The van der Waals surface area contributed by atoms with Crippen molar-refractivity contribution in [2.75, 3.05) is 18.4 Å². The third-order valence-corrected chi connectivity index (χ3v) is 6.78. The molecule has 0 aliphatic carbocycles. The molecule has 2 aromatic carbocycles. The normalized spacial score (nSPS) is 15.1. The number of piperidine rings is 1. The Kier molecular flexibility index (Phi) is 8.10. The Morgan fingerprint density at radius 3 is 2.52 bits per heavy atom. The van der Waals surface area contributed by atoms with Gasteiger partial charge in [0.05, 0.1) is 28.7 Å². The first-order valence-corrected chi connectivity index (χ1v) is 12.4. The van der Waals surface area contributed by atoms with Crippen LogP contribution in [0, 0.1) is 0 Å². The fourth-order valence-corrected chi connectivity index (χ4v) is 4.90. The summed E-state index contributed by atoms with van der Waals surface area (Å²) >= 11 is 7.61. The second-order valence-corrected chi connectivity index (χ2v) is 9.41. The van der Waals surface area contributed by atoms with Gasteiger partial charge in [0.25, 0.3) is 5.91 Å². The number of likely N-dealkylation sites (tertiary alicyclic amines) is 1. The van der Waals surface area contributed by atoms with Crippen molar-refractivity contribution in [3.63, 3.8) is 0 Å². The van der Waals surface area contributed by atoms with Crippen LogP contribution < -0.4 is 10.6 Å². The number of nitrogens with one attached hydrogen (secondary N) is 2. The molecule has 8 heteroatoms. The van der Waals surface area contributed by atoms with E-state index in [9.17, 15) is 9.59 Å². The number of carbonyl (C=O) groups is 2. The van der Waals surface area contributed by atoms with E-state index in [1.165, 1.54) is 30.6 Å². The van der Waals surface area contributed by atoms with E-state index < -0.39 is 6.04 Å². The molecule has 0 bridgehead atoms. The van der Waals surface area contributed by atoms with Crippen molar-refractivity contribution in [3.8, 4) is 0 Å². The number of rotatable bonds is 8. The number of aromatic nitrogens is 1. The summed E-state index contributed by atoms with van der Waals surface area (Å²) in [5, 5.41) is 8.80. The lowest BCUT2D eigenvalue weighted by Gasteiger charge is -2.25. The molecular weight excluding hydrogens is 456 g/mol. The maximum absolute atomic E-state index is 12.8. The van der Waals surface area contributed by atoms with E-state index in [2.05, 4.69) is 20.5 Å². The molecule has 3 aromatic rings. The number of thiazole rings is 1. The average molecular weight is 483 g/mol. The Bertz CT molecular complexity index is 1080. The van der Waals surface area contributed by atoms with Crippen molar-refractivity contribution >= 4 is 39.9 Å². The Morgan fingerprint density at radius 1 is 1.03 bits per heavy atom. The average Bonchev–Trinajstić information content (AvgIpc) is 3.26. The maximum Gasteiger partial charge on any atom is 0.253 e. The number of hydrogen-bond acceptors (Lipinski definition) is 5. The van der Waals surface area contributed by atoms with Crippen LogP contribution >= 0.6 is 22.9 Å². The molecule has 1 fully saturated rings. The van der Waals surface area contributed by atoms with E-state index in [0.29, 0.717) is 15.7 Å². The molecule has 1 saturated heterocycles. The van der Waals surface area contributed by atoms with Crippen LogP contribution in [0.1, 0.15) is 53.3 Å². The van der Waals surface area contributed by atoms with Gasteiger partial charge in [-0.2, -0.15) is 0 Å². The summed E-state index contributed by atoms with van der Waals surface area (Å²) in [4.78, 5) is 32.7. The summed E-state index contributed by atoms with van der Waals surface area (Å²) in [7, 11) is 0. The largest absolute Gasteiger partial charge is 0.345 e. The molecule has 6 nitrogen and oxygen atoms in total. The van der Waals surface area contributed by atoms with Gasteiger partial charge in [0.1, 0.15) is 0 Å². The van der Waals surface area contributed by atoms with E-state index in [1.807, 2.05) is 35.7 Å². The maximum atomic E-state index is 12.8. The Morgan fingerprint density at radius 2 is 1.76 bits per heavy atom. The predicted octanol–water partition coefficient (Wildman–Crippen LogP) is 5.28. The molecule has 1 unspecified atom stereocenters. The number of hydrogen-bond donors (Lipinski definition) is 2. The van der Waals surface area contributed by atoms with Crippen LogP contribution in [0.4, 0.5) is 5.13 Å². The van der Waals surface area contributed by atoms with Crippen molar-refractivity contribution in [2.45, 2.75) is 38.3 Å². The highest BCUT2D eigenvalue weighted by atomic mass is 35.5. The first-order chi connectivity index (χ1) is 16.1. The molecule has 4 rings (SSSR count). The van der Waals surface area contributed by atoms with Gasteiger partial charge in [0.15, 0.2) is 5.13 Å². The fourth-order valence-electron chi connectivity index (χ4n) is 3.96. The van der Waals surface area contributed by atoms with Crippen LogP contribution in [0.5, 0.6) is 0 Å². The molecule has 2 N–H and O–H groups in total.